The zero-order valence-electron chi connectivity index (χ0n) is 11.0. The van der Waals surface area contributed by atoms with Crippen molar-refractivity contribution in [2.24, 2.45) is 0 Å². The molecule has 0 saturated heterocycles. The first kappa shape index (κ1) is 15.1. The minimum Gasteiger partial charge on any atom is -0.310 e. The zero-order valence-corrected chi connectivity index (χ0v) is 12.6. The van der Waals surface area contributed by atoms with Crippen molar-refractivity contribution in [3.8, 4) is 0 Å². The summed E-state index contributed by atoms with van der Waals surface area (Å²) in [5.41, 5.74) is 1.75. The summed E-state index contributed by atoms with van der Waals surface area (Å²) < 4.78 is 26.9. The molecule has 5 heteroatoms. The lowest BCUT2D eigenvalue weighted by Crippen LogP contribution is -2.23. The molecule has 0 saturated carbocycles. The average Bonchev–Trinajstić information content (AvgIpc) is 2.42. The van der Waals surface area contributed by atoms with Crippen molar-refractivity contribution in [1.82, 2.24) is 10.3 Å². The quantitative estimate of drug-likeness (QED) is 0.889. The fourth-order valence-corrected chi connectivity index (χ4v) is 2.50. The highest BCUT2D eigenvalue weighted by molar-refractivity contribution is 9.10. The van der Waals surface area contributed by atoms with Crippen LogP contribution in [0.2, 0.25) is 0 Å². The second-order valence-electron chi connectivity index (χ2n) is 4.50. The Morgan fingerprint density at radius 3 is 2.70 bits per heavy atom. The molecule has 1 unspecified atom stereocenters. The maximum Gasteiger partial charge on any atom is 0.141 e. The number of aromatic nitrogens is 1. The van der Waals surface area contributed by atoms with E-state index in [0.717, 1.165) is 17.7 Å². The van der Waals surface area contributed by atoms with Crippen LogP contribution < -0.4 is 5.32 Å². The van der Waals surface area contributed by atoms with Gasteiger partial charge < -0.3 is 5.32 Å². The summed E-state index contributed by atoms with van der Waals surface area (Å²) in [6, 6.07) is 6.31. The summed E-state index contributed by atoms with van der Waals surface area (Å²) in [5, 5.41) is 3.29. The Morgan fingerprint density at radius 1 is 1.25 bits per heavy atom. The second kappa shape index (κ2) is 6.90. The molecule has 0 aliphatic heterocycles. The first-order valence-electron chi connectivity index (χ1n) is 6.38. The molecule has 0 fully saturated rings. The van der Waals surface area contributed by atoms with Gasteiger partial charge in [-0.1, -0.05) is 13.0 Å². The SMILES string of the molecule is CCNC(Cc1ccc(F)c(Br)c1)c1cncc(F)c1. The van der Waals surface area contributed by atoms with E-state index in [4.69, 9.17) is 0 Å². The number of nitrogens with one attached hydrogen (secondary N) is 1. The fraction of sp³-hybridized carbons (Fsp3) is 0.267. The van der Waals surface area contributed by atoms with E-state index in [9.17, 15) is 8.78 Å². The van der Waals surface area contributed by atoms with Crippen molar-refractivity contribution < 1.29 is 8.78 Å². The molecule has 1 N–H and O–H groups in total. The zero-order chi connectivity index (χ0) is 14.5. The van der Waals surface area contributed by atoms with Gasteiger partial charge >= 0.3 is 0 Å². The van der Waals surface area contributed by atoms with E-state index in [1.54, 1.807) is 18.3 Å². The number of hydrogen-bond acceptors (Lipinski definition) is 2. The normalized spacial score (nSPS) is 12.4. The lowest BCUT2D eigenvalue weighted by atomic mass is 10.00. The summed E-state index contributed by atoms with van der Waals surface area (Å²) >= 11 is 3.18. The number of halogens is 3. The molecule has 106 valence electrons. The number of pyridine rings is 1. The van der Waals surface area contributed by atoms with Gasteiger partial charge in [-0.15, -0.1) is 0 Å². The van der Waals surface area contributed by atoms with Crippen LogP contribution in [0.25, 0.3) is 0 Å². The van der Waals surface area contributed by atoms with Crippen LogP contribution >= 0.6 is 15.9 Å². The van der Waals surface area contributed by atoms with Crippen molar-refractivity contribution in [2.75, 3.05) is 6.54 Å². The van der Waals surface area contributed by atoms with E-state index >= 15 is 0 Å². The van der Waals surface area contributed by atoms with Crippen LogP contribution in [0.5, 0.6) is 0 Å². The van der Waals surface area contributed by atoms with Gasteiger partial charge in [0.2, 0.25) is 0 Å². The first-order chi connectivity index (χ1) is 9.60. The number of likely N-dealkylation sites (N-methyl/N-ethyl adjacent to an activating group) is 1. The molecule has 0 amide bonds. The highest BCUT2D eigenvalue weighted by Crippen LogP contribution is 2.22. The van der Waals surface area contributed by atoms with Gasteiger partial charge in [-0.2, -0.15) is 0 Å². The smallest absolute Gasteiger partial charge is 0.141 e. The number of rotatable bonds is 5. The third-order valence-electron chi connectivity index (χ3n) is 3.00. The minimum absolute atomic E-state index is 0.0550. The minimum atomic E-state index is -0.356. The van der Waals surface area contributed by atoms with Crippen LogP contribution in [0, 0.1) is 11.6 Å². The molecule has 1 aromatic heterocycles. The van der Waals surface area contributed by atoms with Gasteiger partial charge in [0.25, 0.3) is 0 Å². The summed E-state index contributed by atoms with van der Waals surface area (Å²) in [6.45, 7) is 2.74. The highest BCUT2D eigenvalue weighted by Gasteiger charge is 2.13. The summed E-state index contributed by atoms with van der Waals surface area (Å²) in [4.78, 5) is 3.88. The third kappa shape index (κ3) is 3.84. The Balaban J connectivity index is 2.22. The van der Waals surface area contributed by atoms with Crippen molar-refractivity contribution in [1.29, 1.82) is 0 Å². The third-order valence-corrected chi connectivity index (χ3v) is 3.61. The van der Waals surface area contributed by atoms with Gasteiger partial charge in [-0.05, 0) is 58.2 Å². The van der Waals surface area contributed by atoms with Crippen LogP contribution in [0.15, 0.2) is 41.1 Å². The van der Waals surface area contributed by atoms with E-state index in [1.165, 1.54) is 18.3 Å². The lowest BCUT2D eigenvalue weighted by Gasteiger charge is -2.18. The molecule has 0 spiro atoms. The maximum atomic E-state index is 13.3. The summed E-state index contributed by atoms with van der Waals surface area (Å²) in [5.74, 6) is -0.646. The van der Waals surface area contributed by atoms with Crippen molar-refractivity contribution >= 4 is 15.9 Å². The van der Waals surface area contributed by atoms with Crippen LogP contribution in [0.3, 0.4) is 0 Å². The molecular formula is C15H15BrF2N2. The van der Waals surface area contributed by atoms with Crippen LogP contribution in [-0.4, -0.2) is 11.5 Å². The average molecular weight is 341 g/mol. The molecule has 20 heavy (non-hydrogen) atoms. The van der Waals surface area contributed by atoms with E-state index in [-0.39, 0.29) is 17.7 Å². The van der Waals surface area contributed by atoms with Gasteiger partial charge in [-0.3, -0.25) is 4.98 Å². The number of nitrogens with zero attached hydrogens (tertiary/aromatic N) is 1. The molecular weight excluding hydrogens is 326 g/mol. The van der Waals surface area contributed by atoms with Gasteiger partial charge in [0.15, 0.2) is 0 Å². The summed E-state index contributed by atoms with van der Waals surface area (Å²) in [7, 11) is 0. The Morgan fingerprint density at radius 2 is 2.05 bits per heavy atom. The molecule has 2 aromatic rings. The molecule has 2 nitrogen and oxygen atoms in total. The van der Waals surface area contributed by atoms with Crippen molar-refractivity contribution in [2.45, 2.75) is 19.4 Å². The number of hydrogen-bond donors (Lipinski definition) is 1. The van der Waals surface area contributed by atoms with Crippen LogP contribution in [-0.2, 0) is 6.42 Å². The van der Waals surface area contributed by atoms with E-state index in [2.05, 4.69) is 26.2 Å². The Bertz CT molecular complexity index is 590. The maximum absolute atomic E-state index is 13.3. The van der Waals surface area contributed by atoms with E-state index in [0.29, 0.717) is 10.9 Å². The van der Waals surface area contributed by atoms with Gasteiger partial charge in [0.05, 0.1) is 10.7 Å². The monoisotopic (exact) mass is 340 g/mol. The predicted molar refractivity (Wildman–Crippen MR) is 78.4 cm³/mol. The van der Waals surface area contributed by atoms with Gasteiger partial charge in [0, 0.05) is 12.2 Å². The molecule has 1 atom stereocenters. The Labute approximate surface area is 125 Å². The Kier molecular flexibility index (Phi) is 5.20. The van der Waals surface area contributed by atoms with Crippen molar-refractivity contribution in [3.05, 3.63) is 63.9 Å². The van der Waals surface area contributed by atoms with Gasteiger partial charge in [-0.25, -0.2) is 8.78 Å². The largest absolute Gasteiger partial charge is 0.310 e. The predicted octanol–water partition coefficient (Wildman–Crippen LogP) is 4.02. The molecule has 1 aromatic carbocycles. The molecule has 1 heterocycles. The molecule has 0 aliphatic rings. The highest BCUT2D eigenvalue weighted by atomic mass is 79.9. The first-order valence-corrected chi connectivity index (χ1v) is 7.17. The van der Waals surface area contributed by atoms with E-state index < -0.39 is 0 Å². The Hall–Kier alpha value is -1.33. The number of benzene rings is 1. The van der Waals surface area contributed by atoms with Crippen LogP contribution in [0.1, 0.15) is 24.1 Å². The fourth-order valence-electron chi connectivity index (χ4n) is 2.08. The molecule has 0 radical (unpaired) electrons. The molecule has 0 bridgehead atoms. The summed E-state index contributed by atoms with van der Waals surface area (Å²) in [6.07, 6.45) is 3.47. The van der Waals surface area contributed by atoms with Gasteiger partial charge in [0.1, 0.15) is 11.6 Å². The molecule has 2 rings (SSSR count). The van der Waals surface area contributed by atoms with Crippen molar-refractivity contribution in [3.63, 3.8) is 0 Å². The topological polar surface area (TPSA) is 24.9 Å². The standard InChI is InChI=1S/C15H15BrF2N2/c1-2-20-15(11-7-12(17)9-19-8-11)6-10-3-4-14(18)13(16)5-10/h3-5,7-9,15,20H,2,6H2,1H3. The second-order valence-corrected chi connectivity index (χ2v) is 5.35. The lowest BCUT2D eigenvalue weighted by molar-refractivity contribution is 0.538. The molecule has 0 aliphatic carbocycles. The van der Waals surface area contributed by atoms with Crippen LogP contribution in [0.4, 0.5) is 8.78 Å². The van der Waals surface area contributed by atoms with E-state index in [1.807, 2.05) is 6.92 Å².